The summed E-state index contributed by atoms with van der Waals surface area (Å²) in [6, 6.07) is 8.92. The number of carbonyl (C=O) groups is 1. The lowest BCUT2D eigenvalue weighted by molar-refractivity contribution is -0.134. The van der Waals surface area contributed by atoms with Gasteiger partial charge in [0.1, 0.15) is 12.4 Å². The predicted octanol–water partition coefficient (Wildman–Crippen LogP) is 1.65. The van der Waals surface area contributed by atoms with Crippen molar-refractivity contribution in [3.05, 3.63) is 59.5 Å². The number of nitrogens with zero attached hydrogens (tertiary/aromatic N) is 5. The highest BCUT2D eigenvalue weighted by molar-refractivity contribution is 5.77. The summed E-state index contributed by atoms with van der Waals surface area (Å²) in [4.78, 5) is 39.2. The van der Waals surface area contributed by atoms with Crippen LogP contribution in [0.2, 0.25) is 0 Å². The van der Waals surface area contributed by atoms with E-state index in [4.69, 9.17) is 4.74 Å². The number of carbonyl (C=O) groups excluding carboxylic acids is 1. The molecule has 0 aliphatic carbocycles. The van der Waals surface area contributed by atoms with E-state index in [1.54, 1.807) is 29.3 Å². The third-order valence-electron chi connectivity index (χ3n) is 4.87. The lowest BCUT2D eigenvalue weighted by Gasteiger charge is -2.32. The molecule has 3 heterocycles. The first-order valence-corrected chi connectivity index (χ1v) is 9.35. The zero-order chi connectivity index (χ0) is 19.3. The molecule has 1 atom stereocenters. The monoisotopic (exact) mass is 379 g/mol. The number of likely N-dealkylation sites (tertiary alicyclic amines) is 1. The van der Waals surface area contributed by atoms with Crippen molar-refractivity contribution in [3.63, 3.8) is 0 Å². The molecule has 0 spiro atoms. The topological polar surface area (TPSA) is 90.2 Å². The molecule has 8 heteroatoms. The molecule has 1 amide bonds. The standard InChI is InChI=1S/C20H21N5O3/c26-19(8-11-25-14-23-17-6-2-1-5-16(17)20(25)27)24-10-3-4-15(12-24)28-18-7-9-21-13-22-18/h1-2,5-7,9,13-15H,3-4,8,10-12H2. The van der Waals surface area contributed by atoms with E-state index < -0.39 is 0 Å². The smallest absolute Gasteiger partial charge is 0.261 e. The van der Waals surface area contributed by atoms with Gasteiger partial charge in [0.25, 0.3) is 5.56 Å². The highest BCUT2D eigenvalue weighted by Crippen LogP contribution is 2.17. The summed E-state index contributed by atoms with van der Waals surface area (Å²) in [5, 5.41) is 0.564. The van der Waals surface area contributed by atoms with Crippen LogP contribution in [0.4, 0.5) is 0 Å². The predicted molar refractivity (Wildman–Crippen MR) is 103 cm³/mol. The fraction of sp³-hybridized carbons (Fsp3) is 0.350. The van der Waals surface area contributed by atoms with Crippen molar-refractivity contribution in [1.29, 1.82) is 0 Å². The van der Waals surface area contributed by atoms with Crippen LogP contribution in [0.3, 0.4) is 0 Å². The summed E-state index contributed by atoms with van der Waals surface area (Å²) in [6.45, 7) is 1.53. The number of fused-ring (bicyclic) bond motifs is 1. The normalized spacial score (nSPS) is 16.9. The van der Waals surface area contributed by atoms with Gasteiger partial charge in [-0.15, -0.1) is 0 Å². The average molecular weight is 379 g/mol. The SMILES string of the molecule is O=C(CCn1cnc2ccccc2c1=O)N1CCCC(Oc2ccncn2)C1. The first-order valence-electron chi connectivity index (χ1n) is 9.35. The number of hydrogen-bond acceptors (Lipinski definition) is 6. The lowest BCUT2D eigenvalue weighted by atomic mass is 10.1. The zero-order valence-corrected chi connectivity index (χ0v) is 15.4. The minimum atomic E-state index is -0.123. The molecule has 3 aromatic rings. The highest BCUT2D eigenvalue weighted by atomic mass is 16.5. The summed E-state index contributed by atoms with van der Waals surface area (Å²) < 4.78 is 7.35. The van der Waals surface area contributed by atoms with Crippen LogP contribution in [0.5, 0.6) is 5.88 Å². The quantitative estimate of drug-likeness (QED) is 0.670. The van der Waals surface area contributed by atoms with Gasteiger partial charge in [0.15, 0.2) is 0 Å². The van der Waals surface area contributed by atoms with E-state index in [-0.39, 0.29) is 24.0 Å². The Hall–Kier alpha value is -3.29. The van der Waals surface area contributed by atoms with Crippen LogP contribution >= 0.6 is 0 Å². The number of aryl methyl sites for hydroxylation is 1. The van der Waals surface area contributed by atoms with Crippen LogP contribution < -0.4 is 10.3 Å². The van der Waals surface area contributed by atoms with Crippen LogP contribution in [-0.2, 0) is 11.3 Å². The van der Waals surface area contributed by atoms with Crippen molar-refractivity contribution in [2.45, 2.75) is 31.9 Å². The van der Waals surface area contributed by atoms with E-state index in [9.17, 15) is 9.59 Å². The average Bonchev–Trinajstić information content (AvgIpc) is 2.74. The summed E-state index contributed by atoms with van der Waals surface area (Å²) in [5.41, 5.74) is 0.540. The Bertz CT molecular complexity index is 1020. The summed E-state index contributed by atoms with van der Waals surface area (Å²) in [5.74, 6) is 0.527. The molecule has 1 unspecified atom stereocenters. The molecule has 1 fully saturated rings. The van der Waals surface area contributed by atoms with E-state index in [2.05, 4.69) is 15.0 Å². The van der Waals surface area contributed by atoms with Gasteiger partial charge < -0.3 is 9.64 Å². The number of aromatic nitrogens is 4. The van der Waals surface area contributed by atoms with E-state index in [1.807, 2.05) is 12.1 Å². The van der Waals surface area contributed by atoms with Crippen molar-refractivity contribution >= 4 is 16.8 Å². The van der Waals surface area contributed by atoms with Crippen LogP contribution in [0, 0.1) is 0 Å². The molecule has 1 saturated heterocycles. The molecule has 2 aromatic heterocycles. The minimum Gasteiger partial charge on any atom is -0.472 e. The zero-order valence-electron chi connectivity index (χ0n) is 15.4. The first kappa shape index (κ1) is 18.1. The molecule has 1 aliphatic rings. The maximum Gasteiger partial charge on any atom is 0.261 e. The number of hydrogen-bond donors (Lipinski definition) is 0. The fourth-order valence-electron chi connectivity index (χ4n) is 3.42. The Morgan fingerprint density at radius 2 is 2.11 bits per heavy atom. The van der Waals surface area contributed by atoms with Gasteiger partial charge in [-0.2, -0.15) is 0 Å². The Balaban J connectivity index is 1.37. The number of amides is 1. The van der Waals surface area contributed by atoms with Crippen molar-refractivity contribution in [2.75, 3.05) is 13.1 Å². The van der Waals surface area contributed by atoms with E-state index in [0.717, 1.165) is 12.8 Å². The Labute approximate surface area is 161 Å². The number of piperidine rings is 1. The molecular weight excluding hydrogens is 358 g/mol. The van der Waals surface area contributed by atoms with Gasteiger partial charge in [-0.3, -0.25) is 14.2 Å². The van der Waals surface area contributed by atoms with E-state index in [0.29, 0.717) is 36.4 Å². The van der Waals surface area contributed by atoms with Crippen molar-refractivity contribution in [3.8, 4) is 5.88 Å². The largest absolute Gasteiger partial charge is 0.472 e. The van der Waals surface area contributed by atoms with Gasteiger partial charge in [-0.05, 0) is 25.0 Å². The highest BCUT2D eigenvalue weighted by Gasteiger charge is 2.25. The van der Waals surface area contributed by atoms with Crippen molar-refractivity contribution < 1.29 is 9.53 Å². The number of benzene rings is 1. The molecule has 1 aromatic carbocycles. The lowest BCUT2D eigenvalue weighted by Crippen LogP contribution is -2.44. The third kappa shape index (κ3) is 4.00. The molecule has 0 saturated carbocycles. The molecular formula is C20H21N5O3. The molecule has 0 radical (unpaired) electrons. The molecule has 1 aliphatic heterocycles. The van der Waals surface area contributed by atoms with E-state index >= 15 is 0 Å². The summed E-state index contributed by atoms with van der Waals surface area (Å²) in [6.07, 6.45) is 6.49. The van der Waals surface area contributed by atoms with Gasteiger partial charge in [-0.1, -0.05) is 12.1 Å². The molecule has 0 N–H and O–H groups in total. The Kier molecular flexibility index (Phi) is 5.27. The van der Waals surface area contributed by atoms with Crippen LogP contribution in [0.15, 0.2) is 54.0 Å². The molecule has 28 heavy (non-hydrogen) atoms. The molecule has 0 bridgehead atoms. The first-order chi connectivity index (χ1) is 13.7. The maximum absolute atomic E-state index is 12.7. The van der Waals surface area contributed by atoms with Gasteiger partial charge in [-0.25, -0.2) is 15.0 Å². The fourth-order valence-corrected chi connectivity index (χ4v) is 3.42. The maximum atomic E-state index is 12.7. The van der Waals surface area contributed by atoms with Crippen LogP contribution in [-0.4, -0.2) is 49.5 Å². The van der Waals surface area contributed by atoms with Gasteiger partial charge >= 0.3 is 0 Å². The van der Waals surface area contributed by atoms with Crippen molar-refractivity contribution in [2.24, 2.45) is 0 Å². The number of rotatable bonds is 5. The van der Waals surface area contributed by atoms with Gasteiger partial charge in [0, 0.05) is 31.8 Å². The molecule has 4 rings (SSSR count). The van der Waals surface area contributed by atoms with Crippen molar-refractivity contribution in [1.82, 2.24) is 24.4 Å². The van der Waals surface area contributed by atoms with Gasteiger partial charge in [0.2, 0.25) is 11.8 Å². The second-order valence-corrected chi connectivity index (χ2v) is 6.78. The van der Waals surface area contributed by atoms with Crippen LogP contribution in [0.1, 0.15) is 19.3 Å². The molecule has 8 nitrogen and oxygen atoms in total. The number of ether oxygens (including phenoxy) is 1. The Morgan fingerprint density at radius 3 is 2.96 bits per heavy atom. The number of para-hydroxylation sites is 1. The van der Waals surface area contributed by atoms with Gasteiger partial charge in [0.05, 0.1) is 23.8 Å². The van der Waals surface area contributed by atoms with Crippen LogP contribution in [0.25, 0.3) is 10.9 Å². The minimum absolute atomic E-state index is 0.0102. The Morgan fingerprint density at radius 1 is 1.21 bits per heavy atom. The van der Waals surface area contributed by atoms with E-state index in [1.165, 1.54) is 17.2 Å². The molecule has 144 valence electrons. The third-order valence-corrected chi connectivity index (χ3v) is 4.87. The summed E-state index contributed by atoms with van der Waals surface area (Å²) in [7, 11) is 0. The summed E-state index contributed by atoms with van der Waals surface area (Å²) >= 11 is 0. The second-order valence-electron chi connectivity index (χ2n) is 6.78. The second kappa shape index (κ2) is 8.16.